The standard InChI is InChI=1S/C11H17N4O5P/c1-7-4-15(11(20)13-10(7)19)5-8(16)14(3-2-12-21)6-9(17)18/h4,12H,2-3,5-6,21H2,1H3,(H,17,18)(H,13,19,20). The molecule has 0 radical (unpaired) electrons. The SMILES string of the molecule is Cc1cn(CC(=O)N(CCNP)CC(=O)O)c(=O)[nH]c1=O. The molecule has 0 aromatic carbocycles. The van der Waals surface area contributed by atoms with E-state index in [1.807, 2.05) is 0 Å². The van der Waals surface area contributed by atoms with Gasteiger partial charge < -0.3 is 10.0 Å². The summed E-state index contributed by atoms with van der Waals surface area (Å²) >= 11 is 0. The molecule has 21 heavy (non-hydrogen) atoms. The number of aryl methyl sites for hydroxylation is 1. The second kappa shape index (κ2) is 7.70. The van der Waals surface area contributed by atoms with E-state index in [4.69, 9.17) is 5.11 Å². The van der Waals surface area contributed by atoms with Gasteiger partial charge in [-0.05, 0) is 6.92 Å². The number of aromatic amines is 1. The topological polar surface area (TPSA) is 124 Å². The van der Waals surface area contributed by atoms with Crippen LogP contribution in [0.2, 0.25) is 0 Å². The van der Waals surface area contributed by atoms with E-state index >= 15 is 0 Å². The van der Waals surface area contributed by atoms with Crippen molar-refractivity contribution in [1.82, 2.24) is 19.5 Å². The summed E-state index contributed by atoms with van der Waals surface area (Å²) in [6.07, 6.45) is 1.27. The minimum absolute atomic E-state index is 0.186. The van der Waals surface area contributed by atoms with E-state index in [0.717, 1.165) is 9.47 Å². The van der Waals surface area contributed by atoms with Crippen molar-refractivity contribution >= 4 is 21.3 Å². The highest BCUT2D eigenvalue weighted by Gasteiger charge is 2.17. The number of hydrogen-bond acceptors (Lipinski definition) is 5. The van der Waals surface area contributed by atoms with Crippen LogP contribution in [-0.2, 0) is 16.1 Å². The van der Waals surface area contributed by atoms with Crippen LogP contribution in [0.4, 0.5) is 0 Å². The molecule has 0 aliphatic rings. The molecular weight excluding hydrogens is 299 g/mol. The maximum Gasteiger partial charge on any atom is 0.328 e. The molecule has 0 saturated heterocycles. The van der Waals surface area contributed by atoms with Gasteiger partial charge in [0.2, 0.25) is 5.91 Å². The lowest BCUT2D eigenvalue weighted by atomic mass is 10.3. The van der Waals surface area contributed by atoms with Crippen LogP contribution in [0.25, 0.3) is 0 Å². The Morgan fingerprint density at radius 1 is 1.48 bits per heavy atom. The number of aliphatic carboxylic acids is 1. The van der Waals surface area contributed by atoms with E-state index in [0.29, 0.717) is 12.1 Å². The number of H-pyrrole nitrogens is 1. The molecule has 1 unspecified atom stereocenters. The summed E-state index contributed by atoms with van der Waals surface area (Å²) in [4.78, 5) is 48.9. The summed E-state index contributed by atoms with van der Waals surface area (Å²) in [7, 11) is 2.25. The zero-order valence-corrected chi connectivity index (χ0v) is 12.6. The number of carbonyl (C=O) groups excluding carboxylic acids is 1. The fourth-order valence-corrected chi connectivity index (χ4v) is 1.77. The molecule has 1 amide bonds. The maximum atomic E-state index is 12.1. The third-order valence-corrected chi connectivity index (χ3v) is 2.99. The van der Waals surface area contributed by atoms with Crippen LogP contribution >= 0.6 is 9.39 Å². The second-order valence-corrected chi connectivity index (χ2v) is 4.77. The Morgan fingerprint density at radius 3 is 2.71 bits per heavy atom. The van der Waals surface area contributed by atoms with Gasteiger partial charge in [-0.2, -0.15) is 0 Å². The predicted octanol–water partition coefficient (Wildman–Crippen LogP) is -1.86. The lowest BCUT2D eigenvalue weighted by molar-refractivity contribution is -0.144. The van der Waals surface area contributed by atoms with Crippen LogP contribution in [0.1, 0.15) is 5.56 Å². The average Bonchev–Trinajstić information content (AvgIpc) is 2.40. The van der Waals surface area contributed by atoms with Gasteiger partial charge in [0.05, 0.1) is 0 Å². The monoisotopic (exact) mass is 316 g/mol. The van der Waals surface area contributed by atoms with Gasteiger partial charge in [-0.25, -0.2) is 4.79 Å². The normalized spacial score (nSPS) is 10.4. The molecule has 9 nitrogen and oxygen atoms in total. The van der Waals surface area contributed by atoms with Gasteiger partial charge in [-0.1, -0.05) is 9.39 Å². The molecule has 3 N–H and O–H groups in total. The third kappa shape index (κ3) is 5.13. The molecule has 1 aromatic rings. The Kier molecular flexibility index (Phi) is 6.26. The first-order valence-corrected chi connectivity index (χ1v) is 6.66. The van der Waals surface area contributed by atoms with Gasteiger partial charge in [0.25, 0.3) is 5.56 Å². The number of aromatic nitrogens is 2. The smallest absolute Gasteiger partial charge is 0.328 e. The summed E-state index contributed by atoms with van der Waals surface area (Å²) in [6, 6.07) is 0. The van der Waals surface area contributed by atoms with Gasteiger partial charge in [-0.15, -0.1) is 0 Å². The Balaban J connectivity index is 2.90. The van der Waals surface area contributed by atoms with Crippen molar-refractivity contribution in [2.75, 3.05) is 19.6 Å². The van der Waals surface area contributed by atoms with E-state index in [9.17, 15) is 19.2 Å². The van der Waals surface area contributed by atoms with Crippen molar-refractivity contribution in [2.45, 2.75) is 13.5 Å². The summed E-state index contributed by atoms with van der Waals surface area (Å²) in [5.41, 5.74) is -0.935. The van der Waals surface area contributed by atoms with Gasteiger partial charge in [0.1, 0.15) is 13.1 Å². The van der Waals surface area contributed by atoms with Crippen LogP contribution in [0.3, 0.4) is 0 Å². The van der Waals surface area contributed by atoms with Gasteiger partial charge in [0, 0.05) is 24.8 Å². The number of nitrogens with zero attached hydrogens (tertiary/aromatic N) is 2. The molecule has 0 saturated carbocycles. The van der Waals surface area contributed by atoms with Gasteiger partial charge in [-0.3, -0.25) is 29.0 Å². The molecule has 10 heteroatoms. The third-order valence-electron chi connectivity index (χ3n) is 2.70. The highest BCUT2D eigenvalue weighted by atomic mass is 31.0. The van der Waals surface area contributed by atoms with Crippen molar-refractivity contribution < 1.29 is 14.7 Å². The Bertz CT molecular complexity index is 638. The molecule has 0 aliphatic heterocycles. The predicted molar refractivity (Wildman–Crippen MR) is 78.0 cm³/mol. The van der Waals surface area contributed by atoms with Crippen molar-refractivity contribution in [3.63, 3.8) is 0 Å². The minimum atomic E-state index is -1.14. The summed E-state index contributed by atoms with van der Waals surface area (Å²) < 4.78 is 1.04. The van der Waals surface area contributed by atoms with Crippen molar-refractivity contribution in [1.29, 1.82) is 0 Å². The number of carbonyl (C=O) groups is 2. The molecule has 1 heterocycles. The largest absolute Gasteiger partial charge is 0.480 e. The van der Waals surface area contributed by atoms with E-state index in [-0.39, 0.29) is 13.1 Å². The van der Waals surface area contributed by atoms with Crippen molar-refractivity contribution in [2.24, 2.45) is 0 Å². The van der Waals surface area contributed by atoms with Gasteiger partial charge >= 0.3 is 11.7 Å². The van der Waals surface area contributed by atoms with Crippen LogP contribution in [-0.4, -0.2) is 51.1 Å². The molecule has 0 fully saturated rings. The number of carboxylic acids is 1. The van der Waals surface area contributed by atoms with E-state index in [1.165, 1.54) is 13.1 Å². The molecular formula is C11H17N4O5P. The lowest BCUT2D eigenvalue weighted by Gasteiger charge is -2.20. The summed E-state index contributed by atoms with van der Waals surface area (Å²) in [5.74, 6) is -1.66. The first-order valence-electron chi connectivity index (χ1n) is 6.08. The van der Waals surface area contributed by atoms with Gasteiger partial charge in [0.15, 0.2) is 0 Å². The van der Waals surface area contributed by atoms with Crippen molar-refractivity contribution in [3.05, 3.63) is 32.6 Å². The summed E-state index contributed by atoms with van der Waals surface area (Å²) in [6.45, 7) is 1.30. The zero-order valence-electron chi connectivity index (χ0n) is 11.5. The zero-order chi connectivity index (χ0) is 16.0. The number of nitrogens with one attached hydrogen (secondary N) is 2. The van der Waals surface area contributed by atoms with E-state index < -0.39 is 29.7 Å². The van der Waals surface area contributed by atoms with E-state index in [2.05, 4.69) is 19.5 Å². The number of amides is 1. The number of carboxylic acid groups (broad SMARTS) is 1. The first-order chi connectivity index (χ1) is 9.85. The lowest BCUT2D eigenvalue weighted by Crippen LogP contribution is -2.43. The van der Waals surface area contributed by atoms with Crippen LogP contribution in [0.15, 0.2) is 15.8 Å². The molecule has 0 bridgehead atoms. The Morgan fingerprint density at radius 2 is 2.14 bits per heavy atom. The van der Waals surface area contributed by atoms with Crippen LogP contribution < -0.4 is 16.3 Å². The quantitative estimate of drug-likeness (QED) is 0.507. The Hall–Kier alpha value is -1.99. The Labute approximate surface area is 122 Å². The average molecular weight is 316 g/mol. The number of hydrogen-bond donors (Lipinski definition) is 3. The van der Waals surface area contributed by atoms with E-state index in [1.54, 1.807) is 0 Å². The molecule has 0 aliphatic carbocycles. The highest BCUT2D eigenvalue weighted by Crippen LogP contribution is 1.94. The molecule has 1 aromatic heterocycles. The fourth-order valence-electron chi connectivity index (χ4n) is 1.64. The second-order valence-electron chi connectivity index (χ2n) is 4.36. The summed E-state index contributed by atoms with van der Waals surface area (Å²) in [5, 5.41) is 11.5. The van der Waals surface area contributed by atoms with Crippen LogP contribution in [0, 0.1) is 6.92 Å². The molecule has 1 atom stereocenters. The molecule has 116 valence electrons. The fraction of sp³-hybridized carbons (Fsp3) is 0.455. The van der Waals surface area contributed by atoms with Crippen molar-refractivity contribution in [3.8, 4) is 0 Å². The molecule has 0 spiro atoms. The first kappa shape index (κ1) is 17.1. The number of rotatable bonds is 7. The maximum absolute atomic E-state index is 12.1. The highest BCUT2D eigenvalue weighted by molar-refractivity contribution is 7.13. The molecule has 1 rings (SSSR count). The minimum Gasteiger partial charge on any atom is -0.480 e. The van der Waals surface area contributed by atoms with Crippen LogP contribution in [0.5, 0.6) is 0 Å².